The van der Waals surface area contributed by atoms with Crippen LogP contribution < -0.4 is 11.0 Å². The lowest BCUT2D eigenvalue weighted by Crippen LogP contribution is -2.14. The Hall–Kier alpha value is -3.20. The summed E-state index contributed by atoms with van der Waals surface area (Å²) in [6.45, 7) is 2.46. The normalized spacial score (nSPS) is 11.1. The molecule has 0 radical (unpaired) electrons. The number of carbonyl (C=O) groups excluding carboxylic acids is 1. The number of amides is 1. The Balaban J connectivity index is 1.59. The zero-order chi connectivity index (χ0) is 17.4. The highest BCUT2D eigenvalue weighted by Crippen LogP contribution is 2.21. The van der Waals surface area contributed by atoms with E-state index >= 15 is 0 Å². The Kier molecular flexibility index (Phi) is 3.69. The molecule has 25 heavy (non-hydrogen) atoms. The number of fused-ring (bicyclic) bond motifs is 1. The smallest absolute Gasteiger partial charge is 0.306 e. The number of carbonyl (C=O) groups is 1. The van der Waals surface area contributed by atoms with Gasteiger partial charge in [-0.1, -0.05) is 6.07 Å². The monoisotopic (exact) mass is 354 g/mol. The van der Waals surface area contributed by atoms with Crippen LogP contribution in [0.4, 0.5) is 5.95 Å². The van der Waals surface area contributed by atoms with E-state index in [1.165, 1.54) is 11.3 Å². The Bertz CT molecular complexity index is 1110. The molecule has 4 rings (SSSR count). The third-order valence-corrected chi connectivity index (χ3v) is 4.69. The van der Waals surface area contributed by atoms with Gasteiger partial charge in [-0.05, 0) is 36.6 Å². The van der Waals surface area contributed by atoms with Crippen LogP contribution in [0.25, 0.3) is 21.7 Å². The summed E-state index contributed by atoms with van der Waals surface area (Å²) in [5.74, 6) is 0.460. The van der Waals surface area contributed by atoms with Crippen molar-refractivity contribution in [3.63, 3.8) is 0 Å². The maximum Gasteiger partial charge on any atom is 0.326 e. The summed E-state index contributed by atoms with van der Waals surface area (Å²) >= 11 is 1.53. The number of aromatic amines is 2. The van der Waals surface area contributed by atoms with Crippen LogP contribution in [0.1, 0.15) is 17.3 Å². The second kappa shape index (κ2) is 6.02. The van der Waals surface area contributed by atoms with E-state index in [0.29, 0.717) is 23.4 Å². The van der Waals surface area contributed by atoms with Gasteiger partial charge in [0.05, 0.1) is 15.9 Å². The van der Waals surface area contributed by atoms with Crippen LogP contribution in [-0.2, 0) is 6.54 Å². The first-order chi connectivity index (χ1) is 12.2. The number of hydrogen-bond acceptors (Lipinski definition) is 5. The van der Waals surface area contributed by atoms with Gasteiger partial charge in [-0.25, -0.2) is 4.79 Å². The number of aryl methyl sites for hydroxylation is 1. The molecule has 3 N–H and O–H groups in total. The molecule has 0 saturated carbocycles. The number of benzene rings is 1. The molecule has 9 heteroatoms. The number of nitrogens with zero attached hydrogens (tertiary/aromatic N) is 3. The predicted molar refractivity (Wildman–Crippen MR) is 95.9 cm³/mol. The fraction of sp³-hybridized carbons (Fsp3) is 0.125. The lowest BCUT2D eigenvalue weighted by atomic mass is 10.2. The van der Waals surface area contributed by atoms with Crippen LogP contribution in [0, 0.1) is 0 Å². The maximum absolute atomic E-state index is 12.4. The standard InChI is InChI=1S/C16H14N6O2S/c1-2-22-11-6-5-9(8-10(11)17-16(22)24)14(23)19-15-18-13(20-21-15)12-4-3-7-25-12/h3-8H,2H2,1H3,(H,17,24)(H2,18,19,20,21,23). The van der Waals surface area contributed by atoms with Crippen LogP contribution in [0.2, 0.25) is 0 Å². The fourth-order valence-corrected chi connectivity index (χ4v) is 3.30. The van der Waals surface area contributed by atoms with Gasteiger partial charge in [0.1, 0.15) is 0 Å². The van der Waals surface area contributed by atoms with Crippen molar-refractivity contribution >= 4 is 34.2 Å². The lowest BCUT2D eigenvalue weighted by molar-refractivity contribution is 0.102. The van der Waals surface area contributed by atoms with Crippen LogP contribution >= 0.6 is 11.3 Å². The maximum atomic E-state index is 12.4. The summed E-state index contributed by atoms with van der Waals surface area (Å²) < 4.78 is 1.61. The summed E-state index contributed by atoms with van der Waals surface area (Å²) in [6, 6.07) is 8.90. The van der Waals surface area contributed by atoms with E-state index in [1.807, 2.05) is 24.4 Å². The minimum atomic E-state index is -0.344. The molecule has 0 atom stereocenters. The highest BCUT2D eigenvalue weighted by Gasteiger charge is 2.13. The first-order valence-corrected chi connectivity index (χ1v) is 8.54. The zero-order valence-corrected chi connectivity index (χ0v) is 14.1. The van der Waals surface area contributed by atoms with Gasteiger partial charge in [-0.2, -0.15) is 4.98 Å². The molecular formula is C16H14N6O2S. The van der Waals surface area contributed by atoms with Crippen LogP contribution in [-0.4, -0.2) is 30.6 Å². The summed E-state index contributed by atoms with van der Waals surface area (Å²) in [5.41, 5.74) is 1.61. The lowest BCUT2D eigenvalue weighted by Gasteiger charge is -2.02. The third kappa shape index (κ3) is 2.74. The van der Waals surface area contributed by atoms with Crippen molar-refractivity contribution in [3.05, 3.63) is 51.8 Å². The molecule has 3 aromatic heterocycles. The molecule has 4 aromatic rings. The summed E-state index contributed by atoms with van der Waals surface area (Å²) in [6.07, 6.45) is 0. The number of anilines is 1. The Morgan fingerprint density at radius 3 is 3.00 bits per heavy atom. The molecule has 0 spiro atoms. The fourth-order valence-electron chi connectivity index (χ4n) is 2.63. The molecule has 0 aliphatic rings. The summed E-state index contributed by atoms with van der Waals surface area (Å²) in [5, 5.41) is 11.4. The van der Waals surface area contributed by atoms with Crippen molar-refractivity contribution in [1.29, 1.82) is 0 Å². The molecule has 0 aliphatic carbocycles. The van der Waals surface area contributed by atoms with Gasteiger partial charge in [0.25, 0.3) is 5.91 Å². The number of H-pyrrole nitrogens is 2. The quantitative estimate of drug-likeness (QED) is 0.523. The minimum absolute atomic E-state index is 0.190. The third-order valence-electron chi connectivity index (χ3n) is 3.82. The number of nitrogens with one attached hydrogen (secondary N) is 3. The Labute approximate surface area is 145 Å². The van der Waals surface area contributed by atoms with Crippen LogP contribution in [0.3, 0.4) is 0 Å². The molecule has 126 valence electrons. The van der Waals surface area contributed by atoms with Gasteiger partial charge in [0.15, 0.2) is 5.82 Å². The molecule has 0 bridgehead atoms. The van der Waals surface area contributed by atoms with Gasteiger partial charge in [-0.15, -0.1) is 16.4 Å². The summed E-state index contributed by atoms with van der Waals surface area (Å²) in [4.78, 5) is 32.2. The highest BCUT2D eigenvalue weighted by molar-refractivity contribution is 7.13. The molecule has 3 heterocycles. The zero-order valence-electron chi connectivity index (χ0n) is 13.2. The van der Waals surface area contributed by atoms with Crippen molar-refractivity contribution < 1.29 is 4.79 Å². The van der Waals surface area contributed by atoms with E-state index in [1.54, 1.807) is 22.8 Å². The first-order valence-electron chi connectivity index (χ1n) is 7.66. The average molecular weight is 354 g/mol. The number of thiophene rings is 1. The number of rotatable bonds is 4. The van der Waals surface area contributed by atoms with E-state index < -0.39 is 0 Å². The van der Waals surface area contributed by atoms with E-state index in [2.05, 4.69) is 25.5 Å². The topological polar surface area (TPSA) is 108 Å². The second-order valence-electron chi connectivity index (χ2n) is 5.35. The Morgan fingerprint density at radius 2 is 2.24 bits per heavy atom. The second-order valence-corrected chi connectivity index (χ2v) is 6.29. The molecule has 0 fully saturated rings. The highest BCUT2D eigenvalue weighted by atomic mass is 32.1. The van der Waals surface area contributed by atoms with Gasteiger partial charge < -0.3 is 4.98 Å². The average Bonchev–Trinajstić information content (AvgIpc) is 3.32. The van der Waals surface area contributed by atoms with Crippen molar-refractivity contribution in [2.24, 2.45) is 0 Å². The van der Waals surface area contributed by atoms with E-state index in [0.717, 1.165) is 10.4 Å². The minimum Gasteiger partial charge on any atom is -0.306 e. The van der Waals surface area contributed by atoms with E-state index in [9.17, 15) is 9.59 Å². The number of aromatic nitrogens is 5. The van der Waals surface area contributed by atoms with E-state index in [-0.39, 0.29) is 17.5 Å². The van der Waals surface area contributed by atoms with Crippen LogP contribution in [0.15, 0.2) is 40.5 Å². The summed E-state index contributed by atoms with van der Waals surface area (Å²) in [7, 11) is 0. The Morgan fingerprint density at radius 1 is 1.36 bits per heavy atom. The van der Waals surface area contributed by atoms with E-state index in [4.69, 9.17) is 0 Å². The molecule has 0 aliphatic heterocycles. The van der Waals surface area contributed by atoms with Crippen molar-refractivity contribution in [2.45, 2.75) is 13.5 Å². The van der Waals surface area contributed by atoms with Gasteiger partial charge in [0.2, 0.25) is 5.95 Å². The van der Waals surface area contributed by atoms with Gasteiger partial charge in [0, 0.05) is 12.1 Å². The number of imidazole rings is 1. The predicted octanol–water partition coefficient (Wildman–Crippen LogP) is 2.45. The molecule has 0 saturated heterocycles. The van der Waals surface area contributed by atoms with Crippen molar-refractivity contribution in [1.82, 2.24) is 24.7 Å². The number of hydrogen-bond donors (Lipinski definition) is 3. The molecule has 8 nitrogen and oxygen atoms in total. The molecule has 0 unspecified atom stereocenters. The first kappa shape index (κ1) is 15.3. The van der Waals surface area contributed by atoms with Crippen LogP contribution in [0.5, 0.6) is 0 Å². The van der Waals surface area contributed by atoms with Gasteiger partial charge >= 0.3 is 5.69 Å². The SMILES string of the molecule is CCn1c(=O)[nH]c2cc(C(=O)Nc3n[nH]c(-c4cccs4)n3)ccc21. The largest absolute Gasteiger partial charge is 0.326 e. The van der Waals surface area contributed by atoms with Crippen molar-refractivity contribution in [2.75, 3.05) is 5.32 Å². The van der Waals surface area contributed by atoms with Gasteiger partial charge in [-0.3, -0.25) is 19.8 Å². The molecule has 1 amide bonds. The van der Waals surface area contributed by atoms with Crippen molar-refractivity contribution in [3.8, 4) is 10.7 Å². The molecule has 1 aromatic carbocycles. The molecular weight excluding hydrogens is 340 g/mol.